The second-order valence-corrected chi connectivity index (χ2v) is 5.87. The van der Waals surface area contributed by atoms with Gasteiger partial charge in [-0.15, -0.1) is 11.3 Å². The fraction of sp³-hybridized carbons (Fsp3) is 0.500. The van der Waals surface area contributed by atoms with Crippen LogP contribution in [0.4, 0.5) is 0 Å². The smallest absolute Gasteiger partial charge is 0.304 e. The maximum Gasteiger partial charge on any atom is 0.304 e. The van der Waals surface area contributed by atoms with Gasteiger partial charge < -0.3 is 5.11 Å². The lowest BCUT2D eigenvalue weighted by Crippen LogP contribution is -2.25. The van der Waals surface area contributed by atoms with E-state index in [1.165, 1.54) is 11.3 Å². The second-order valence-electron chi connectivity index (χ2n) is 3.58. The molecule has 0 aliphatic carbocycles. The molecule has 1 rings (SSSR count). The normalized spacial score (nSPS) is 13.1. The quantitative estimate of drug-likeness (QED) is 0.898. The van der Waals surface area contributed by atoms with Crippen molar-refractivity contribution in [3.63, 3.8) is 0 Å². The van der Waals surface area contributed by atoms with Gasteiger partial charge in [0.25, 0.3) is 0 Å². The summed E-state index contributed by atoms with van der Waals surface area (Å²) >= 11 is 13.2. The number of hydrogen-bond acceptors (Lipinski definition) is 3. The Labute approximate surface area is 109 Å². The van der Waals surface area contributed by atoms with E-state index in [0.717, 1.165) is 5.56 Å². The van der Waals surface area contributed by atoms with Crippen LogP contribution in [0.2, 0.25) is 8.67 Å². The van der Waals surface area contributed by atoms with Crippen LogP contribution in [0.3, 0.4) is 0 Å². The van der Waals surface area contributed by atoms with E-state index in [1.54, 1.807) is 0 Å². The third-order valence-electron chi connectivity index (χ3n) is 2.47. The van der Waals surface area contributed by atoms with Crippen molar-refractivity contribution in [3.05, 3.63) is 20.3 Å². The number of hydrogen-bond donors (Lipinski definition) is 1. The molecule has 1 atom stereocenters. The van der Waals surface area contributed by atoms with Crippen LogP contribution in [0.25, 0.3) is 0 Å². The maximum atomic E-state index is 10.5. The first-order chi connectivity index (χ1) is 7.41. The summed E-state index contributed by atoms with van der Waals surface area (Å²) in [5, 5.41) is 8.60. The fourth-order valence-electron chi connectivity index (χ4n) is 1.34. The summed E-state index contributed by atoms with van der Waals surface area (Å²) in [6, 6.07) is 1.90. The minimum Gasteiger partial charge on any atom is -0.481 e. The zero-order valence-electron chi connectivity index (χ0n) is 9.04. The van der Waals surface area contributed by atoms with Crippen LogP contribution in [0.5, 0.6) is 0 Å². The highest BCUT2D eigenvalue weighted by Crippen LogP contribution is 2.36. The topological polar surface area (TPSA) is 40.5 Å². The molecule has 0 saturated carbocycles. The summed E-state index contributed by atoms with van der Waals surface area (Å²) in [4.78, 5) is 12.4. The van der Waals surface area contributed by atoms with Crippen LogP contribution in [-0.4, -0.2) is 29.6 Å². The summed E-state index contributed by atoms with van der Waals surface area (Å²) in [5.74, 6) is -0.798. The molecule has 0 aliphatic rings. The monoisotopic (exact) mass is 281 g/mol. The van der Waals surface area contributed by atoms with Gasteiger partial charge in [0.1, 0.15) is 0 Å². The van der Waals surface area contributed by atoms with Crippen molar-refractivity contribution < 1.29 is 9.90 Å². The van der Waals surface area contributed by atoms with Crippen molar-refractivity contribution in [3.8, 4) is 0 Å². The molecule has 0 radical (unpaired) electrons. The van der Waals surface area contributed by atoms with Crippen LogP contribution in [0, 0.1) is 0 Å². The standard InChI is InChI=1S/C10H13Cl2NO2S/c1-6(13(2)4-3-9(14)15)7-5-8(11)16-10(7)12/h5-6H,3-4H2,1-2H3,(H,14,15). The molecule has 1 N–H and O–H groups in total. The van der Waals surface area contributed by atoms with E-state index in [2.05, 4.69) is 0 Å². The highest BCUT2D eigenvalue weighted by atomic mass is 35.5. The van der Waals surface area contributed by atoms with Crippen molar-refractivity contribution in [2.45, 2.75) is 19.4 Å². The van der Waals surface area contributed by atoms with Gasteiger partial charge in [0.05, 0.1) is 15.1 Å². The fourth-order valence-corrected chi connectivity index (χ4v) is 2.97. The van der Waals surface area contributed by atoms with E-state index in [4.69, 9.17) is 28.3 Å². The van der Waals surface area contributed by atoms with E-state index >= 15 is 0 Å². The molecule has 1 heterocycles. The molecule has 0 aromatic carbocycles. The van der Waals surface area contributed by atoms with Crippen molar-refractivity contribution in [2.75, 3.05) is 13.6 Å². The molecule has 1 aromatic heterocycles. The number of carbonyl (C=O) groups is 1. The molecule has 1 unspecified atom stereocenters. The Morgan fingerprint density at radius 2 is 2.25 bits per heavy atom. The van der Waals surface area contributed by atoms with Crippen molar-refractivity contribution >= 4 is 40.5 Å². The van der Waals surface area contributed by atoms with Crippen molar-refractivity contribution in [1.82, 2.24) is 4.90 Å². The lowest BCUT2D eigenvalue weighted by molar-refractivity contribution is -0.137. The minimum absolute atomic E-state index is 0.0654. The molecule has 0 fully saturated rings. The molecule has 0 bridgehead atoms. The highest BCUT2D eigenvalue weighted by molar-refractivity contribution is 7.20. The van der Waals surface area contributed by atoms with Gasteiger partial charge >= 0.3 is 5.97 Å². The summed E-state index contributed by atoms with van der Waals surface area (Å²) in [5.41, 5.74) is 0.949. The average Bonchev–Trinajstić information content (AvgIpc) is 2.53. The predicted molar refractivity (Wildman–Crippen MR) is 67.6 cm³/mol. The minimum atomic E-state index is -0.798. The molecule has 16 heavy (non-hydrogen) atoms. The Morgan fingerprint density at radius 3 is 2.69 bits per heavy atom. The molecule has 0 amide bonds. The largest absolute Gasteiger partial charge is 0.481 e. The van der Waals surface area contributed by atoms with E-state index in [9.17, 15) is 4.79 Å². The Kier molecular flexibility index (Phi) is 5.05. The summed E-state index contributed by atoms with van der Waals surface area (Å²) in [6.07, 6.45) is 0.121. The first kappa shape index (κ1) is 13.8. The van der Waals surface area contributed by atoms with Crippen molar-refractivity contribution in [2.24, 2.45) is 0 Å². The summed E-state index contributed by atoms with van der Waals surface area (Å²) < 4.78 is 1.32. The van der Waals surface area contributed by atoms with Gasteiger partial charge in [-0.05, 0) is 20.0 Å². The van der Waals surface area contributed by atoms with E-state index in [0.29, 0.717) is 15.2 Å². The molecular formula is C10H13Cl2NO2S. The number of halogens is 2. The van der Waals surface area contributed by atoms with Gasteiger partial charge in [-0.1, -0.05) is 23.2 Å². The van der Waals surface area contributed by atoms with Gasteiger partial charge in [0, 0.05) is 18.2 Å². The second kappa shape index (κ2) is 5.87. The number of thiophene rings is 1. The molecule has 0 saturated heterocycles. The van der Waals surface area contributed by atoms with E-state index in [-0.39, 0.29) is 12.5 Å². The third kappa shape index (κ3) is 3.63. The highest BCUT2D eigenvalue weighted by Gasteiger charge is 2.17. The summed E-state index contributed by atoms with van der Waals surface area (Å²) in [6.45, 7) is 2.46. The lowest BCUT2D eigenvalue weighted by atomic mass is 10.1. The maximum absolute atomic E-state index is 10.5. The molecule has 3 nitrogen and oxygen atoms in total. The van der Waals surface area contributed by atoms with E-state index < -0.39 is 5.97 Å². The Bertz CT molecular complexity index is 381. The zero-order valence-corrected chi connectivity index (χ0v) is 11.4. The molecular weight excluding hydrogens is 269 g/mol. The first-order valence-corrected chi connectivity index (χ1v) is 6.35. The molecule has 0 spiro atoms. The number of carboxylic acid groups (broad SMARTS) is 1. The Morgan fingerprint density at radius 1 is 1.62 bits per heavy atom. The van der Waals surface area contributed by atoms with Gasteiger partial charge in [-0.2, -0.15) is 0 Å². The van der Waals surface area contributed by atoms with Crippen LogP contribution >= 0.6 is 34.5 Å². The van der Waals surface area contributed by atoms with Crippen molar-refractivity contribution in [1.29, 1.82) is 0 Å². The zero-order chi connectivity index (χ0) is 12.3. The lowest BCUT2D eigenvalue weighted by Gasteiger charge is -2.23. The van der Waals surface area contributed by atoms with E-state index in [1.807, 2.05) is 24.9 Å². The van der Waals surface area contributed by atoms with Gasteiger partial charge in [0.15, 0.2) is 0 Å². The third-order valence-corrected chi connectivity index (χ3v) is 3.99. The number of rotatable bonds is 5. The van der Waals surface area contributed by atoms with Crippen LogP contribution in [0.15, 0.2) is 6.07 Å². The van der Waals surface area contributed by atoms with Gasteiger partial charge in [0.2, 0.25) is 0 Å². The Balaban J connectivity index is 2.66. The van der Waals surface area contributed by atoms with Crippen LogP contribution in [-0.2, 0) is 4.79 Å². The SMILES string of the molecule is CC(c1cc(Cl)sc1Cl)N(C)CCC(=O)O. The predicted octanol–water partition coefficient (Wildman–Crippen LogP) is 3.52. The summed E-state index contributed by atoms with van der Waals surface area (Å²) in [7, 11) is 1.87. The molecule has 6 heteroatoms. The number of nitrogens with zero attached hydrogens (tertiary/aromatic N) is 1. The molecule has 1 aromatic rings. The Hall–Kier alpha value is -0.290. The average molecular weight is 282 g/mol. The van der Waals surface area contributed by atoms with Gasteiger partial charge in [-0.25, -0.2) is 0 Å². The number of aliphatic carboxylic acids is 1. The number of carboxylic acids is 1. The van der Waals surface area contributed by atoms with Crippen LogP contribution in [0.1, 0.15) is 24.9 Å². The van der Waals surface area contributed by atoms with Gasteiger partial charge in [-0.3, -0.25) is 9.69 Å². The first-order valence-electron chi connectivity index (χ1n) is 4.78. The molecule has 0 aliphatic heterocycles. The van der Waals surface area contributed by atoms with Crippen LogP contribution < -0.4 is 0 Å². The molecule has 90 valence electrons.